The maximum atomic E-state index is 12.2. The fourth-order valence-corrected chi connectivity index (χ4v) is 1.97. The fourth-order valence-electron chi connectivity index (χ4n) is 1.97. The predicted octanol–water partition coefficient (Wildman–Crippen LogP) is 1.24. The maximum absolute atomic E-state index is 12.2. The highest BCUT2D eigenvalue weighted by atomic mass is 16.5. The molecule has 0 aromatic carbocycles. The normalized spacial score (nSPS) is 10.4. The van der Waals surface area contributed by atoms with E-state index in [-0.39, 0.29) is 17.2 Å². The van der Waals surface area contributed by atoms with Crippen LogP contribution < -0.4 is 11.1 Å². The first-order valence-corrected chi connectivity index (χ1v) is 6.93. The molecule has 120 valence electrons. The summed E-state index contributed by atoms with van der Waals surface area (Å²) in [7, 11) is 1.63. The lowest BCUT2D eigenvalue weighted by Gasteiger charge is -2.12. The highest BCUT2D eigenvalue weighted by Gasteiger charge is 2.19. The number of primary amides is 1. The van der Waals surface area contributed by atoms with E-state index >= 15 is 0 Å². The molecule has 0 fully saturated rings. The van der Waals surface area contributed by atoms with Gasteiger partial charge in [0.05, 0.1) is 17.4 Å². The molecule has 0 aliphatic rings. The van der Waals surface area contributed by atoms with Crippen molar-refractivity contribution in [3.8, 4) is 11.3 Å². The van der Waals surface area contributed by atoms with E-state index < -0.39 is 11.9 Å². The number of hydrogen-bond acceptors (Lipinski definition) is 7. The Hall–Kier alpha value is -3.03. The summed E-state index contributed by atoms with van der Waals surface area (Å²) in [6.07, 6.45) is 3.88. The summed E-state index contributed by atoms with van der Waals surface area (Å²) < 4.78 is 5.18. The molecule has 23 heavy (non-hydrogen) atoms. The molecule has 0 radical (unpaired) electrons. The van der Waals surface area contributed by atoms with E-state index in [1.807, 2.05) is 0 Å². The van der Waals surface area contributed by atoms with E-state index in [4.69, 9.17) is 10.5 Å². The number of esters is 1. The van der Waals surface area contributed by atoms with E-state index in [1.165, 1.54) is 24.8 Å². The molecule has 0 bridgehead atoms. The maximum Gasteiger partial charge on any atom is 0.342 e. The molecule has 0 aliphatic carbocycles. The van der Waals surface area contributed by atoms with Crippen LogP contribution in [0.3, 0.4) is 0 Å². The second kappa shape index (κ2) is 6.82. The minimum absolute atomic E-state index is 0.190. The van der Waals surface area contributed by atoms with Crippen molar-refractivity contribution < 1.29 is 14.3 Å². The molecule has 8 heteroatoms. The number of hydrogen-bond donors (Lipinski definition) is 2. The van der Waals surface area contributed by atoms with Gasteiger partial charge in [0.2, 0.25) is 0 Å². The number of ether oxygens (including phenoxy) is 1. The third-order valence-electron chi connectivity index (χ3n) is 2.94. The standard InChI is InChI=1S/C15H17N5O3/c1-8(2)23-15(22)11-6-18-7-20-12(11)9-4-10(13(16)21)14(17-3)19-5-9/h4-8H,1-3H3,(H2,16,21)(H,17,19). The number of anilines is 1. The predicted molar refractivity (Wildman–Crippen MR) is 83.9 cm³/mol. The van der Waals surface area contributed by atoms with Gasteiger partial charge in [0.25, 0.3) is 5.91 Å². The number of rotatable bonds is 5. The number of nitrogens with zero attached hydrogens (tertiary/aromatic N) is 3. The number of aromatic nitrogens is 3. The van der Waals surface area contributed by atoms with Gasteiger partial charge in [0, 0.05) is 25.0 Å². The van der Waals surface area contributed by atoms with Gasteiger partial charge < -0.3 is 15.8 Å². The van der Waals surface area contributed by atoms with Crippen molar-refractivity contribution in [2.45, 2.75) is 20.0 Å². The number of pyridine rings is 1. The molecule has 2 rings (SSSR count). The minimum atomic E-state index is -0.635. The summed E-state index contributed by atoms with van der Waals surface area (Å²) in [4.78, 5) is 35.8. The van der Waals surface area contributed by atoms with Crippen LogP contribution in [0.1, 0.15) is 34.6 Å². The van der Waals surface area contributed by atoms with Gasteiger partial charge in [-0.15, -0.1) is 0 Å². The molecule has 2 aromatic heterocycles. The first kappa shape index (κ1) is 16.3. The Balaban J connectivity index is 2.53. The summed E-state index contributed by atoms with van der Waals surface area (Å²) in [5, 5.41) is 2.78. The van der Waals surface area contributed by atoms with Crippen LogP contribution >= 0.6 is 0 Å². The molecule has 0 saturated carbocycles. The molecule has 2 aromatic rings. The number of carbonyl (C=O) groups excluding carboxylic acids is 2. The molecule has 0 spiro atoms. The second-order valence-corrected chi connectivity index (χ2v) is 4.97. The van der Waals surface area contributed by atoms with Crippen LogP contribution in [0, 0.1) is 0 Å². The Kier molecular flexibility index (Phi) is 4.85. The molecular weight excluding hydrogens is 298 g/mol. The topological polar surface area (TPSA) is 120 Å². The average Bonchev–Trinajstić information content (AvgIpc) is 2.53. The van der Waals surface area contributed by atoms with E-state index in [1.54, 1.807) is 20.9 Å². The van der Waals surface area contributed by atoms with Crippen LogP contribution in [0.4, 0.5) is 5.82 Å². The lowest BCUT2D eigenvalue weighted by Crippen LogP contribution is -2.16. The third-order valence-corrected chi connectivity index (χ3v) is 2.94. The largest absolute Gasteiger partial charge is 0.459 e. The molecule has 0 saturated heterocycles. The highest BCUT2D eigenvalue weighted by Crippen LogP contribution is 2.24. The van der Waals surface area contributed by atoms with Crippen molar-refractivity contribution in [1.29, 1.82) is 0 Å². The first-order valence-electron chi connectivity index (χ1n) is 6.93. The zero-order chi connectivity index (χ0) is 17.0. The Morgan fingerprint density at radius 1 is 1.22 bits per heavy atom. The summed E-state index contributed by atoms with van der Waals surface area (Å²) in [6.45, 7) is 3.49. The Labute approximate surface area is 133 Å². The van der Waals surface area contributed by atoms with Gasteiger partial charge in [-0.3, -0.25) is 4.79 Å². The number of amides is 1. The lowest BCUT2D eigenvalue weighted by molar-refractivity contribution is 0.0378. The molecule has 0 aliphatic heterocycles. The van der Waals surface area contributed by atoms with Crippen molar-refractivity contribution in [3.63, 3.8) is 0 Å². The van der Waals surface area contributed by atoms with Gasteiger partial charge >= 0.3 is 5.97 Å². The molecule has 8 nitrogen and oxygen atoms in total. The zero-order valence-electron chi connectivity index (χ0n) is 13.0. The van der Waals surface area contributed by atoms with E-state index in [2.05, 4.69) is 20.3 Å². The fraction of sp³-hybridized carbons (Fsp3) is 0.267. The van der Waals surface area contributed by atoms with Crippen LogP contribution in [-0.4, -0.2) is 40.0 Å². The van der Waals surface area contributed by atoms with Crippen LogP contribution in [0.15, 0.2) is 24.8 Å². The van der Waals surface area contributed by atoms with Gasteiger partial charge in [-0.2, -0.15) is 0 Å². The zero-order valence-corrected chi connectivity index (χ0v) is 13.0. The number of carbonyl (C=O) groups is 2. The van der Waals surface area contributed by atoms with Crippen molar-refractivity contribution in [2.24, 2.45) is 5.73 Å². The van der Waals surface area contributed by atoms with Crippen molar-refractivity contribution in [3.05, 3.63) is 35.9 Å². The second-order valence-electron chi connectivity index (χ2n) is 4.97. The minimum Gasteiger partial charge on any atom is -0.459 e. The third kappa shape index (κ3) is 3.60. The van der Waals surface area contributed by atoms with Crippen molar-refractivity contribution in [2.75, 3.05) is 12.4 Å². The Morgan fingerprint density at radius 3 is 2.57 bits per heavy atom. The highest BCUT2D eigenvalue weighted by molar-refractivity contribution is 6.00. The number of nitrogens with one attached hydrogen (secondary N) is 1. The molecule has 3 N–H and O–H groups in total. The molecule has 0 unspecified atom stereocenters. The quantitative estimate of drug-likeness (QED) is 0.796. The molecular formula is C15H17N5O3. The monoisotopic (exact) mass is 315 g/mol. The van der Waals surface area contributed by atoms with Crippen LogP contribution in [-0.2, 0) is 4.74 Å². The molecule has 0 atom stereocenters. The summed E-state index contributed by atoms with van der Waals surface area (Å²) in [6, 6.07) is 1.52. The van der Waals surface area contributed by atoms with E-state index in [0.717, 1.165) is 0 Å². The van der Waals surface area contributed by atoms with E-state index in [0.29, 0.717) is 17.1 Å². The number of nitrogens with two attached hydrogens (primary N) is 1. The van der Waals surface area contributed by atoms with Crippen LogP contribution in [0.25, 0.3) is 11.3 Å². The Morgan fingerprint density at radius 2 is 1.96 bits per heavy atom. The van der Waals surface area contributed by atoms with Gasteiger partial charge in [-0.05, 0) is 19.9 Å². The first-order chi connectivity index (χ1) is 10.9. The summed E-state index contributed by atoms with van der Waals surface area (Å²) >= 11 is 0. The lowest BCUT2D eigenvalue weighted by atomic mass is 10.1. The van der Waals surface area contributed by atoms with Crippen LogP contribution in [0.5, 0.6) is 0 Å². The van der Waals surface area contributed by atoms with Gasteiger partial charge in [0.15, 0.2) is 0 Å². The summed E-state index contributed by atoms with van der Waals surface area (Å²) in [5.41, 5.74) is 6.54. The van der Waals surface area contributed by atoms with Crippen molar-refractivity contribution >= 4 is 17.7 Å². The van der Waals surface area contributed by atoms with Gasteiger partial charge in [0.1, 0.15) is 17.7 Å². The van der Waals surface area contributed by atoms with Gasteiger partial charge in [-0.1, -0.05) is 0 Å². The van der Waals surface area contributed by atoms with Crippen molar-refractivity contribution in [1.82, 2.24) is 15.0 Å². The average molecular weight is 315 g/mol. The Bertz CT molecular complexity index is 746. The summed E-state index contributed by atoms with van der Waals surface area (Å²) in [5.74, 6) is -0.834. The van der Waals surface area contributed by atoms with Gasteiger partial charge in [-0.25, -0.2) is 19.7 Å². The van der Waals surface area contributed by atoms with Crippen LogP contribution in [0.2, 0.25) is 0 Å². The molecule has 2 heterocycles. The smallest absolute Gasteiger partial charge is 0.342 e. The molecule has 1 amide bonds. The van der Waals surface area contributed by atoms with E-state index in [9.17, 15) is 9.59 Å². The SMILES string of the molecule is CNc1ncc(-c2ncncc2C(=O)OC(C)C)cc1C(N)=O.